The quantitative estimate of drug-likeness (QED) is 0.342. The largest absolute Gasteiger partial charge is 0.434 e. The molecule has 0 unspecified atom stereocenters. The predicted molar refractivity (Wildman–Crippen MR) is 131 cm³/mol. The number of nitrogens with one attached hydrogen (secondary N) is 1. The van der Waals surface area contributed by atoms with Crippen LogP contribution < -0.4 is 5.32 Å². The van der Waals surface area contributed by atoms with E-state index in [0.717, 1.165) is 6.20 Å². The fraction of sp³-hybridized carbons (Fsp3) is 0.0417. The maximum absolute atomic E-state index is 14.2. The number of pyridine rings is 3. The number of anilines is 1. The Bertz CT molecular complexity index is 1840. The molecule has 0 aliphatic rings. The van der Waals surface area contributed by atoms with E-state index >= 15 is 0 Å². The highest BCUT2D eigenvalue weighted by Crippen LogP contribution is 2.35. The molecule has 0 spiro atoms. The third-order valence-electron chi connectivity index (χ3n) is 5.62. The first-order valence-electron chi connectivity index (χ1n) is 10.9. The molecule has 10 nitrogen and oxygen atoms in total. The van der Waals surface area contributed by atoms with Crippen LogP contribution in [0.5, 0.6) is 0 Å². The summed E-state index contributed by atoms with van der Waals surface area (Å²) < 4.78 is 44.7. The molecular weight excluding hydrogens is 523 g/mol. The van der Waals surface area contributed by atoms with Crippen LogP contribution in [0.3, 0.4) is 0 Å². The first-order valence-corrected chi connectivity index (χ1v) is 11.3. The van der Waals surface area contributed by atoms with E-state index in [1.807, 2.05) is 0 Å². The molecule has 0 saturated heterocycles. The standard InChI is InChI=1S/C24H13ClF3N9O/c25-16-10-13(11-31-21(16)37-22-18(34-35-37)6-3-9-30-22)33-23(38)15-12-32-36(20(15)24(26,27)28)19-7-1-5-17-14(19)4-2-8-29-17/h1-12H,(H,33,38). The van der Waals surface area contributed by atoms with Crippen molar-refractivity contribution in [1.82, 2.24) is 39.7 Å². The van der Waals surface area contributed by atoms with E-state index < -0.39 is 23.3 Å². The summed E-state index contributed by atoms with van der Waals surface area (Å²) in [4.78, 5) is 25.6. The van der Waals surface area contributed by atoms with Crippen molar-refractivity contribution in [2.75, 3.05) is 5.32 Å². The van der Waals surface area contributed by atoms with Crippen LogP contribution in [0.15, 0.2) is 73.3 Å². The SMILES string of the molecule is O=C(Nc1cnc(-n2nnc3cccnc32)c(Cl)c1)c1cnn(-c2cccc3ncccc23)c1C(F)(F)F. The number of carbonyl (C=O) groups excluding carboxylic acids is 1. The van der Waals surface area contributed by atoms with Crippen LogP contribution in [0, 0.1) is 0 Å². The molecule has 1 N–H and O–H groups in total. The normalized spacial score (nSPS) is 11.8. The first kappa shape index (κ1) is 23.5. The molecular formula is C24H13ClF3N9O. The molecule has 0 atom stereocenters. The number of hydrogen-bond donors (Lipinski definition) is 1. The molecule has 1 amide bonds. The molecule has 0 fully saturated rings. The Hall–Kier alpha value is -4.91. The van der Waals surface area contributed by atoms with Gasteiger partial charge in [0.1, 0.15) is 5.52 Å². The lowest BCUT2D eigenvalue weighted by atomic mass is 10.1. The van der Waals surface area contributed by atoms with E-state index in [-0.39, 0.29) is 22.2 Å². The number of aromatic nitrogens is 8. The molecule has 5 aromatic heterocycles. The van der Waals surface area contributed by atoms with Crippen molar-refractivity contribution in [3.63, 3.8) is 0 Å². The minimum atomic E-state index is -4.89. The Morgan fingerprint density at radius 2 is 1.71 bits per heavy atom. The molecule has 0 aliphatic carbocycles. The topological polar surface area (TPSA) is 116 Å². The van der Waals surface area contributed by atoms with Gasteiger partial charge < -0.3 is 5.32 Å². The lowest BCUT2D eigenvalue weighted by molar-refractivity contribution is -0.143. The first-order chi connectivity index (χ1) is 18.3. The minimum absolute atomic E-state index is 0.0650. The highest BCUT2D eigenvalue weighted by atomic mass is 35.5. The average molecular weight is 536 g/mol. The molecule has 0 bridgehead atoms. The highest BCUT2D eigenvalue weighted by Gasteiger charge is 2.41. The molecule has 38 heavy (non-hydrogen) atoms. The Morgan fingerprint density at radius 3 is 2.53 bits per heavy atom. The van der Waals surface area contributed by atoms with E-state index in [0.29, 0.717) is 26.7 Å². The summed E-state index contributed by atoms with van der Waals surface area (Å²) in [6.45, 7) is 0. The van der Waals surface area contributed by atoms with Crippen LogP contribution >= 0.6 is 11.6 Å². The van der Waals surface area contributed by atoms with E-state index in [2.05, 4.69) is 35.7 Å². The molecule has 188 valence electrons. The molecule has 0 saturated carbocycles. The number of carbonyl (C=O) groups is 1. The van der Waals surface area contributed by atoms with Crippen molar-refractivity contribution in [3.05, 3.63) is 89.6 Å². The second-order valence-corrected chi connectivity index (χ2v) is 8.40. The third-order valence-corrected chi connectivity index (χ3v) is 5.90. The zero-order valence-corrected chi connectivity index (χ0v) is 19.7. The monoisotopic (exact) mass is 535 g/mol. The Morgan fingerprint density at radius 1 is 0.921 bits per heavy atom. The molecule has 1 aromatic carbocycles. The maximum Gasteiger partial charge on any atom is 0.434 e. The number of alkyl halides is 3. The van der Waals surface area contributed by atoms with Crippen molar-refractivity contribution < 1.29 is 18.0 Å². The zero-order valence-electron chi connectivity index (χ0n) is 18.9. The average Bonchev–Trinajstić information content (AvgIpc) is 3.54. The summed E-state index contributed by atoms with van der Waals surface area (Å²) in [5.74, 6) is -0.861. The van der Waals surface area contributed by atoms with Crippen molar-refractivity contribution in [2.24, 2.45) is 0 Å². The molecule has 14 heteroatoms. The maximum atomic E-state index is 14.2. The van der Waals surface area contributed by atoms with Gasteiger partial charge in [0.05, 0.1) is 39.9 Å². The lowest BCUT2D eigenvalue weighted by Crippen LogP contribution is -2.21. The number of nitrogens with zero attached hydrogens (tertiary/aromatic N) is 8. The number of rotatable bonds is 4. The molecule has 6 aromatic rings. The van der Waals surface area contributed by atoms with Gasteiger partial charge in [-0.15, -0.1) is 5.10 Å². The lowest BCUT2D eigenvalue weighted by Gasteiger charge is -2.14. The predicted octanol–water partition coefficient (Wildman–Crippen LogP) is 4.87. The van der Waals surface area contributed by atoms with Gasteiger partial charge in [0, 0.05) is 17.8 Å². The fourth-order valence-electron chi connectivity index (χ4n) is 4.00. The highest BCUT2D eigenvalue weighted by molar-refractivity contribution is 6.32. The van der Waals surface area contributed by atoms with Gasteiger partial charge in [-0.1, -0.05) is 22.9 Å². The summed E-state index contributed by atoms with van der Waals surface area (Å²) in [6.07, 6.45) is 0.297. The van der Waals surface area contributed by atoms with Crippen molar-refractivity contribution in [3.8, 4) is 11.5 Å². The molecule has 6 rings (SSSR count). The summed E-state index contributed by atoms with van der Waals surface area (Å²) >= 11 is 6.36. The smallest absolute Gasteiger partial charge is 0.320 e. The zero-order chi connectivity index (χ0) is 26.4. The van der Waals surface area contributed by atoms with Gasteiger partial charge in [0.15, 0.2) is 17.2 Å². The van der Waals surface area contributed by atoms with Gasteiger partial charge in [0.25, 0.3) is 5.91 Å². The Labute approximate surface area is 215 Å². The van der Waals surface area contributed by atoms with Gasteiger partial charge in [-0.3, -0.25) is 9.78 Å². The third kappa shape index (κ3) is 3.98. The number of halogens is 4. The van der Waals surface area contributed by atoms with Crippen molar-refractivity contribution in [2.45, 2.75) is 6.18 Å². The molecule has 0 radical (unpaired) electrons. The van der Waals surface area contributed by atoms with Crippen LogP contribution in [0.2, 0.25) is 5.02 Å². The number of hydrogen-bond acceptors (Lipinski definition) is 7. The van der Waals surface area contributed by atoms with Gasteiger partial charge in [-0.25, -0.2) is 14.6 Å². The Kier molecular flexibility index (Phi) is 5.49. The fourth-order valence-corrected chi connectivity index (χ4v) is 4.25. The second-order valence-electron chi connectivity index (χ2n) is 7.99. The Balaban J connectivity index is 1.35. The minimum Gasteiger partial charge on any atom is -0.320 e. The van der Waals surface area contributed by atoms with Gasteiger partial charge in [-0.05, 0) is 42.5 Å². The summed E-state index contributed by atoms with van der Waals surface area (Å²) in [7, 11) is 0. The summed E-state index contributed by atoms with van der Waals surface area (Å²) in [5, 5.41) is 14.8. The van der Waals surface area contributed by atoms with Crippen LogP contribution in [-0.2, 0) is 6.18 Å². The van der Waals surface area contributed by atoms with Crippen LogP contribution in [-0.4, -0.2) is 45.6 Å². The number of benzene rings is 1. The van der Waals surface area contributed by atoms with E-state index in [1.54, 1.807) is 42.6 Å². The van der Waals surface area contributed by atoms with Crippen molar-refractivity contribution in [1.29, 1.82) is 0 Å². The second kappa shape index (κ2) is 8.88. The summed E-state index contributed by atoms with van der Waals surface area (Å²) in [5.41, 5.74) is -0.310. The van der Waals surface area contributed by atoms with E-state index in [4.69, 9.17) is 11.6 Å². The molecule has 5 heterocycles. The number of fused-ring (bicyclic) bond motifs is 2. The number of amides is 1. The van der Waals surface area contributed by atoms with E-state index in [1.165, 1.54) is 29.2 Å². The van der Waals surface area contributed by atoms with Crippen LogP contribution in [0.1, 0.15) is 16.1 Å². The van der Waals surface area contributed by atoms with Crippen LogP contribution in [0.4, 0.5) is 18.9 Å². The van der Waals surface area contributed by atoms with Gasteiger partial charge in [-0.2, -0.15) is 23.0 Å². The van der Waals surface area contributed by atoms with Gasteiger partial charge >= 0.3 is 6.18 Å². The van der Waals surface area contributed by atoms with Crippen LogP contribution in [0.25, 0.3) is 33.6 Å². The molecule has 0 aliphatic heterocycles. The summed E-state index contributed by atoms with van der Waals surface area (Å²) in [6, 6.07) is 12.7. The van der Waals surface area contributed by atoms with Gasteiger partial charge in [0.2, 0.25) is 0 Å². The van der Waals surface area contributed by atoms with E-state index in [9.17, 15) is 18.0 Å². The van der Waals surface area contributed by atoms with Crippen molar-refractivity contribution >= 4 is 45.3 Å².